The normalized spacial score (nSPS) is 12.4. The Morgan fingerprint density at radius 2 is 2.05 bits per heavy atom. The summed E-state index contributed by atoms with van der Waals surface area (Å²) in [6.07, 6.45) is 0. The van der Waals surface area contributed by atoms with Crippen LogP contribution in [0.25, 0.3) is 0 Å². The van der Waals surface area contributed by atoms with Crippen molar-refractivity contribution in [1.29, 1.82) is 0 Å². The van der Waals surface area contributed by atoms with Crippen LogP contribution < -0.4 is 10.1 Å². The number of rotatable bonds is 5. The van der Waals surface area contributed by atoms with Crippen LogP contribution in [-0.2, 0) is 4.79 Å². The maximum absolute atomic E-state index is 11.7. The molecule has 0 bridgehead atoms. The molecule has 3 nitrogen and oxygen atoms in total. The first-order valence-corrected chi connectivity index (χ1v) is 7.36. The summed E-state index contributed by atoms with van der Waals surface area (Å²) in [5.74, 6) is 0.804. The second-order valence-electron chi connectivity index (χ2n) is 4.92. The number of aryl methyl sites for hydroxylation is 1. The highest BCUT2D eigenvalue weighted by Gasteiger charge is 2.13. The van der Waals surface area contributed by atoms with E-state index in [1.54, 1.807) is 6.07 Å². The lowest BCUT2D eigenvalue weighted by atomic mass is 10.1. The van der Waals surface area contributed by atoms with Crippen molar-refractivity contribution in [1.82, 2.24) is 5.32 Å². The summed E-state index contributed by atoms with van der Waals surface area (Å²) >= 11 is 9.44. The van der Waals surface area contributed by atoms with Crippen molar-refractivity contribution >= 4 is 33.4 Å². The zero-order valence-electron chi connectivity index (χ0n) is 11.6. The van der Waals surface area contributed by atoms with E-state index in [4.69, 9.17) is 16.3 Å². The number of nitrogens with one attached hydrogen (secondary N) is 1. The van der Waals surface area contributed by atoms with Crippen LogP contribution in [-0.4, -0.2) is 18.6 Å². The molecule has 0 saturated heterocycles. The van der Waals surface area contributed by atoms with Crippen molar-refractivity contribution in [2.24, 2.45) is 5.92 Å². The van der Waals surface area contributed by atoms with Gasteiger partial charge in [-0.2, -0.15) is 0 Å². The van der Waals surface area contributed by atoms with Gasteiger partial charge in [0.05, 0.1) is 5.02 Å². The Bertz CT molecular complexity index is 440. The first-order valence-electron chi connectivity index (χ1n) is 6.19. The predicted octanol–water partition coefficient (Wildman–Crippen LogP) is 3.95. The number of carbonyl (C=O) groups excluding carboxylic acids is 1. The molecule has 1 aromatic rings. The lowest BCUT2D eigenvalue weighted by Gasteiger charge is -2.18. The molecule has 0 saturated carbocycles. The van der Waals surface area contributed by atoms with Gasteiger partial charge in [-0.15, -0.1) is 0 Å². The van der Waals surface area contributed by atoms with E-state index < -0.39 is 0 Å². The van der Waals surface area contributed by atoms with Crippen LogP contribution in [0.5, 0.6) is 5.75 Å². The van der Waals surface area contributed by atoms with Gasteiger partial charge in [0.15, 0.2) is 6.61 Å². The van der Waals surface area contributed by atoms with Gasteiger partial charge in [0.25, 0.3) is 5.91 Å². The van der Waals surface area contributed by atoms with Crippen LogP contribution in [0.3, 0.4) is 0 Å². The summed E-state index contributed by atoms with van der Waals surface area (Å²) < 4.78 is 6.39. The standard InChI is InChI=1S/C14H19BrClNO2/c1-8(2)10(4)17-13(18)7-19-14-9(3)5-11(15)6-12(14)16/h5-6,8,10H,7H2,1-4H3,(H,17,18). The molecule has 106 valence electrons. The van der Waals surface area contributed by atoms with E-state index in [1.807, 2.05) is 19.9 Å². The number of ether oxygens (including phenoxy) is 1. The first-order chi connectivity index (χ1) is 8.81. The highest BCUT2D eigenvalue weighted by Crippen LogP contribution is 2.31. The van der Waals surface area contributed by atoms with Crippen molar-refractivity contribution < 1.29 is 9.53 Å². The predicted molar refractivity (Wildman–Crippen MR) is 81.8 cm³/mol. The van der Waals surface area contributed by atoms with Gasteiger partial charge in [0.1, 0.15) is 5.75 Å². The van der Waals surface area contributed by atoms with Gasteiger partial charge in [-0.1, -0.05) is 41.4 Å². The van der Waals surface area contributed by atoms with Gasteiger partial charge in [-0.3, -0.25) is 4.79 Å². The molecular weight excluding hydrogens is 330 g/mol. The van der Waals surface area contributed by atoms with E-state index >= 15 is 0 Å². The molecule has 1 atom stereocenters. The number of hydrogen-bond donors (Lipinski definition) is 1. The Balaban J connectivity index is 2.60. The highest BCUT2D eigenvalue weighted by atomic mass is 79.9. The molecule has 1 unspecified atom stereocenters. The molecule has 1 N–H and O–H groups in total. The van der Waals surface area contributed by atoms with E-state index in [-0.39, 0.29) is 18.6 Å². The van der Waals surface area contributed by atoms with Gasteiger partial charge < -0.3 is 10.1 Å². The van der Waals surface area contributed by atoms with Crippen molar-refractivity contribution in [2.75, 3.05) is 6.61 Å². The van der Waals surface area contributed by atoms with Gasteiger partial charge in [0.2, 0.25) is 0 Å². The fourth-order valence-electron chi connectivity index (χ4n) is 1.47. The van der Waals surface area contributed by atoms with Crippen molar-refractivity contribution in [3.8, 4) is 5.75 Å². The molecule has 0 aliphatic carbocycles. The third kappa shape index (κ3) is 5.03. The summed E-state index contributed by atoms with van der Waals surface area (Å²) in [4.78, 5) is 11.7. The molecule has 0 spiro atoms. The third-order valence-electron chi connectivity index (χ3n) is 2.93. The summed E-state index contributed by atoms with van der Waals surface area (Å²) in [5.41, 5.74) is 0.893. The SMILES string of the molecule is Cc1cc(Br)cc(Cl)c1OCC(=O)NC(C)C(C)C. The summed E-state index contributed by atoms with van der Waals surface area (Å²) in [7, 11) is 0. The molecule has 0 heterocycles. The minimum absolute atomic E-state index is 0.0285. The van der Waals surface area contributed by atoms with Crippen LogP contribution in [0.4, 0.5) is 0 Å². The maximum Gasteiger partial charge on any atom is 0.258 e. The van der Waals surface area contributed by atoms with Crippen molar-refractivity contribution in [2.45, 2.75) is 33.7 Å². The number of halogens is 2. The van der Waals surface area contributed by atoms with Crippen LogP contribution in [0, 0.1) is 12.8 Å². The van der Waals surface area contributed by atoms with Crippen LogP contribution >= 0.6 is 27.5 Å². The fraction of sp³-hybridized carbons (Fsp3) is 0.500. The summed E-state index contributed by atoms with van der Waals surface area (Å²) in [6.45, 7) is 7.95. The Morgan fingerprint density at radius 1 is 1.42 bits per heavy atom. The molecule has 1 aromatic carbocycles. The summed E-state index contributed by atoms with van der Waals surface area (Å²) in [6, 6.07) is 3.77. The van der Waals surface area contributed by atoms with E-state index in [0.29, 0.717) is 16.7 Å². The third-order valence-corrected chi connectivity index (χ3v) is 3.67. The van der Waals surface area contributed by atoms with Gasteiger partial charge in [-0.05, 0) is 37.5 Å². The molecular formula is C14H19BrClNO2. The average molecular weight is 349 g/mol. The topological polar surface area (TPSA) is 38.3 Å². The smallest absolute Gasteiger partial charge is 0.258 e. The molecule has 0 fully saturated rings. The largest absolute Gasteiger partial charge is 0.482 e. The minimum atomic E-state index is -0.139. The van der Waals surface area contributed by atoms with E-state index in [9.17, 15) is 4.79 Å². The zero-order valence-corrected chi connectivity index (χ0v) is 13.9. The molecule has 5 heteroatoms. The Morgan fingerprint density at radius 3 is 2.58 bits per heavy atom. The first kappa shape index (κ1) is 16.3. The van der Waals surface area contributed by atoms with Gasteiger partial charge in [-0.25, -0.2) is 0 Å². The average Bonchev–Trinajstić information content (AvgIpc) is 2.27. The molecule has 1 rings (SSSR count). The Hall–Kier alpha value is -0.740. The van der Waals surface area contributed by atoms with Crippen LogP contribution in [0.1, 0.15) is 26.3 Å². The second-order valence-corrected chi connectivity index (χ2v) is 6.25. The molecule has 1 amide bonds. The number of amides is 1. The summed E-state index contributed by atoms with van der Waals surface area (Å²) in [5, 5.41) is 3.38. The van der Waals surface area contributed by atoms with Crippen LogP contribution in [0.15, 0.2) is 16.6 Å². The quantitative estimate of drug-likeness (QED) is 0.875. The van der Waals surface area contributed by atoms with Gasteiger partial charge >= 0.3 is 0 Å². The minimum Gasteiger partial charge on any atom is -0.482 e. The van der Waals surface area contributed by atoms with Crippen LogP contribution in [0.2, 0.25) is 5.02 Å². The van der Waals surface area contributed by atoms with Crippen molar-refractivity contribution in [3.05, 3.63) is 27.2 Å². The zero-order chi connectivity index (χ0) is 14.6. The molecule has 0 aromatic heterocycles. The van der Waals surface area contributed by atoms with Gasteiger partial charge in [0, 0.05) is 10.5 Å². The molecule has 0 aliphatic rings. The number of hydrogen-bond acceptors (Lipinski definition) is 2. The molecule has 0 aliphatic heterocycles. The highest BCUT2D eigenvalue weighted by molar-refractivity contribution is 9.10. The van der Waals surface area contributed by atoms with E-state index in [2.05, 4.69) is 35.1 Å². The lowest BCUT2D eigenvalue weighted by Crippen LogP contribution is -2.39. The lowest BCUT2D eigenvalue weighted by molar-refractivity contribution is -0.124. The van der Waals surface area contributed by atoms with E-state index in [0.717, 1.165) is 10.0 Å². The molecule has 19 heavy (non-hydrogen) atoms. The fourth-order valence-corrected chi connectivity index (χ4v) is 2.50. The monoisotopic (exact) mass is 347 g/mol. The number of benzene rings is 1. The van der Waals surface area contributed by atoms with E-state index in [1.165, 1.54) is 0 Å². The molecule has 0 radical (unpaired) electrons. The number of carbonyl (C=O) groups is 1. The van der Waals surface area contributed by atoms with Crippen molar-refractivity contribution in [3.63, 3.8) is 0 Å². The Kier molecular flexibility index (Phi) is 6.14. The maximum atomic E-state index is 11.7. The Labute approximate surface area is 127 Å². The second kappa shape index (κ2) is 7.15.